The molecule has 20 heavy (non-hydrogen) atoms. The summed E-state index contributed by atoms with van der Waals surface area (Å²) in [5, 5.41) is 0. The van der Waals surface area contributed by atoms with E-state index in [1.807, 2.05) is 12.2 Å². The first-order chi connectivity index (χ1) is 9.69. The van der Waals surface area contributed by atoms with Crippen LogP contribution < -0.4 is 4.74 Å². The summed E-state index contributed by atoms with van der Waals surface area (Å²) >= 11 is 5.57. The molecule has 104 valence electrons. The number of aromatic nitrogens is 2. The van der Waals surface area contributed by atoms with Crippen molar-refractivity contribution in [2.45, 2.75) is 0 Å². The van der Waals surface area contributed by atoms with Crippen molar-refractivity contribution in [1.29, 1.82) is 0 Å². The number of allylic oxidation sites excluding steroid dienone is 5. The van der Waals surface area contributed by atoms with E-state index in [0.29, 0.717) is 22.7 Å². The van der Waals surface area contributed by atoms with Gasteiger partial charge in [0.15, 0.2) is 11.6 Å². The predicted octanol–water partition coefficient (Wildman–Crippen LogP) is 4.08. The van der Waals surface area contributed by atoms with Crippen LogP contribution in [0.4, 0.5) is 4.39 Å². The third kappa shape index (κ3) is 2.91. The molecular weight excluding hydrogens is 279 g/mol. The molecular formula is C15H14ClFN2O. The van der Waals surface area contributed by atoms with Gasteiger partial charge in [-0.25, -0.2) is 9.37 Å². The van der Waals surface area contributed by atoms with Crippen molar-refractivity contribution < 1.29 is 9.13 Å². The van der Waals surface area contributed by atoms with Crippen LogP contribution in [0, 0.1) is 5.82 Å². The zero-order valence-electron chi connectivity index (χ0n) is 11.0. The van der Waals surface area contributed by atoms with Gasteiger partial charge in [-0.05, 0) is 0 Å². The Bertz CT molecular complexity index is 688. The van der Waals surface area contributed by atoms with E-state index >= 15 is 0 Å². The van der Waals surface area contributed by atoms with Crippen LogP contribution in [-0.2, 0) is 0 Å². The fourth-order valence-electron chi connectivity index (χ4n) is 1.77. The lowest BCUT2D eigenvalue weighted by Crippen LogP contribution is -1.87. The normalized spacial score (nSPS) is 12.2. The molecule has 0 unspecified atom stereocenters. The van der Waals surface area contributed by atoms with Gasteiger partial charge in [-0.3, -0.25) is 0 Å². The van der Waals surface area contributed by atoms with Gasteiger partial charge in [0.1, 0.15) is 5.82 Å². The summed E-state index contributed by atoms with van der Waals surface area (Å²) in [6.45, 7) is 3.74. The highest BCUT2D eigenvalue weighted by Gasteiger charge is 2.10. The topological polar surface area (TPSA) is 37.9 Å². The molecule has 0 atom stereocenters. The number of nitrogens with zero attached hydrogens (tertiary/aromatic N) is 1. The monoisotopic (exact) mass is 292 g/mol. The van der Waals surface area contributed by atoms with Gasteiger partial charge in [-0.2, -0.15) is 0 Å². The highest BCUT2D eigenvalue weighted by Crippen LogP contribution is 2.25. The number of H-pyrrole nitrogens is 1. The molecule has 2 aromatic rings. The molecule has 1 N–H and O–H groups in total. The minimum Gasteiger partial charge on any atom is -0.494 e. The average Bonchev–Trinajstić information content (AvgIpc) is 2.85. The van der Waals surface area contributed by atoms with Gasteiger partial charge in [0, 0.05) is 23.6 Å². The Morgan fingerprint density at radius 1 is 1.55 bits per heavy atom. The van der Waals surface area contributed by atoms with E-state index in [2.05, 4.69) is 16.5 Å². The second kappa shape index (κ2) is 6.39. The van der Waals surface area contributed by atoms with Crippen LogP contribution in [0.1, 0.15) is 5.82 Å². The van der Waals surface area contributed by atoms with Crippen molar-refractivity contribution in [2.24, 2.45) is 0 Å². The largest absolute Gasteiger partial charge is 0.494 e. The van der Waals surface area contributed by atoms with E-state index in [1.54, 1.807) is 18.2 Å². The highest BCUT2D eigenvalue weighted by molar-refractivity contribution is 6.18. The number of imidazole rings is 1. The number of nitrogens with one attached hydrogen (secondary N) is 1. The SMILES string of the molecule is C=C/C(=C\C=C/CCl)c1nc2cc(OC)c(F)cc2[nH]1. The van der Waals surface area contributed by atoms with E-state index in [-0.39, 0.29) is 5.75 Å². The lowest BCUT2D eigenvalue weighted by molar-refractivity contribution is 0.387. The Kier molecular flexibility index (Phi) is 4.58. The van der Waals surface area contributed by atoms with Gasteiger partial charge in [0.05, 0.1) is 18.1 Å². The second-order valence-corrected chi connectivity index (χ2v) is 4.31. The average molecular weight is 293 g/mol. The molecule has 0 fully saturated rings. The summed E-state index contributed by atoms with van der Waals surface area (Å²) in [5.74, 6) is 0.786. The Morgan fingerprint density at radius 2 is 2.35 bits per heavy atom. The maximum Gasteiger partial charge on any atom is 0.167 e. The third-order valence-electron chi connectivity index (χ3n) is 2.75. The van der Waals surface area contributed by atoms with E-state index in [0.717, 1.165) is 5.57 Å². The number of rotatable bonds is 5. The second-order valence-electron chi connectivity index (χ2n) is 4.00. The molecule has 0 spiro atoms. The standard InChI is InChI=1S/C15H14ClFN2O/c1-3-10(6-4-5-7-16)15-18-12-8-11(17)14(20-2)9-13(12)19-15/h3-6,8-9H,1,7H2,2H3,(H,18,19)/b5-4-,10-6+. The zero-order valence-corrected chi connectivity index (χ0v) is 11.7. The van der Waals surface area contributed by atoms with Crippen LogP contribution in [-0.4, -0.2) is 23.0 Å². The van der Waals surface area contributed by atoms with Crippen molar-refractivity contribution in [3.8, 4) is 5.75 Å². The summed E-state index contributed by atoms with van der Waals surface area (Å²) in [6, 6.07) is 2.92. The van der Waals surface area contributed by atoms with Crippen LogP contribution in [0.5, 0.6) is 5.75 Å². The van der Waals surface area contributed by atoms with Crippen molar-refractivity contribution in [3.63, 3.8) is 0 Å². The summed E-state index contributed by atoms with van der Waals surface area (Å²) in [4.78, 5) is 7.46. The smallest absolute Gasteiger partial charge is 0.167 e. The van der Waals surface area contributed by atoms with E-state index in [1.165, 1.54) is 13.2 Å². The number of fused-ring (bicyclic) bond motifs is 1. The number of hydrogen-bond donors (Lipinski definition) is 1. The summed E-state index contributed by atoms with van der Waals surface area (Å²) in [6.07, 6.45) is 7.12. The van der Waals surface area contributed by atoms with Crippen molar-refractivity contribution in [1.82, 2.24) is 9.97 Å². The summed E-state index contributed by atoms with van der Waals surface area (Å²) in [7, 11) is 1.42. The Hall–Kier alpha value is -2.07. The first-order valence-electron chi connectivity index (χ1n) is 5.98. The highest BCUT2D eigenvalue weighted by atomic mass is 35.5. The Morgan fingerprint density at radius 3 is 3.00 bits per heavy atom. The Balaban J connectivity index is 2.47. The molecule has 3 nitrogen and oxygen atoms in total. The molecule has 0 saturated carbocycles. The van der Waals surface area contributed by atoms with Crippen molar-refractivity contribution >= 4 is 28.2 Å². The number of methoxy groups -OCH3 is 1. The van der Waals surface area contributed by atoms with Gasteiger partial charge in [0.2, 0.25) is 0 Å². The molecule has 0 saturated heterocycles. The van der Waals surface area contributed by atoms with Crippen LogP contribution in [0.2, 0.25) is 0 Å². The van der Waals surface area contributed by atoms with Crippen LogP contribution in [0.3, 0.4) is 0 Å². The van der Waals surface area contributed by atoms with Crippen LogP contribution in [0.15, 0.2) is 43.0 Å². The lowest BCUT2D eigenvalue weighted by Gasteiger charge is -1.99. The van der Waals surface area contributed by atoms with Gasteiger partial charge in [-0.1, -0.05) is 30.9 Å². The molecule has 0 bridgehead atoms. The van der Waals surface area contributed by atoms with E-state index < -0.39 is 5.82 Å². The van der Waals surface area contributed by atoms with Crippen molar-refractivity contribution in [2.75, 3.05) is 13.0 Å². The maximum absolute atomic E-state index is 13.6. The molecule has 0 amide bonds. The van der Waals surface area contributed by atoms with Gasteiger partial charge in [-0.15, -0.1) is 11.6 Å². The van der Waals surface area contributed by atoms with Crippen LogP contribution >= 0.6 is 11.6 Å². The van der Waals surface area contributed by atoms with E-state index in [4.69, 9.17) is 16.3 Å². The van der Waals surface area contributed by atoms with E-state index in [9.17, 15) is 4.39 Å². The fraction of sp³-hybridized carbons (Fsp3) is 0.133. The fourth-order valence-corrected chi connectivity index (χ4v) is 1.87. The van der Waals surface area contributed by atoms with Gasteiger partial charge >= 0.3 is 0 Å². The van der Waals surface area contributed by atoms with Crippen LogP contribution in [0.25, 0.3) is 16.6 Å². The third-order valence-corrected chi connectivity index (χ3v) is 2.93. The molecule has 0 aliphatic rings. The number of hydrogen-bond acceptors (Lipinski definition) is 2. The summed E-state index contributed by atoms with van der Waals surface area (Å²) in [5.41, 5.74) is 2.03. The number of alkyl halides is 1. The van der Waals surface area contributed by atoms with Crippen molar-refractivity contribution in [3.05, 3.63) is 54.7 Å². The number of halogens is 2. The van der Waals surface area contributed by atoms with Gasteiger partial charge < -0.3 is 9.72 Å². The zero-order chi connectivity index (χ0) is 14.5. The predicted molar refractivity (Wildman–Crippen MR) is 80.6 cm³/mol. The lowest BCUT2D eigenvalue weighted by atomic mass is 10.2. The molecule has 0 aliphatic carbocycles. The minimum absolute atomic E-state index is 0.168. The molecule has 0 aliphatic heterocycles. The molecule has 1 aromatic heterocycles. The number of aromatic amines is 1. The molecule has 1 heterocycles. The molecule has 5 heteroatoms. The summed E-state index contributed by atoms with van der Waals surface area (Å²) < 4.78 is 18.6. The maximum atomic E-state index is 13.6. The number of benzene rings is 1. The molecule has 1 aromatic carbocycles. The first kappa shape index (κ1) is 14.3. The molecule has 0 radical (unpaired) electrons. The quantitative estimate of drug-likeness (QED) is 0.666. The molecule has 2 rings (SSSR count). The van der Waals surface area contributed by atoms with Gasteiger partial charge in [0.25, 0.3) is 0 Å². The first-order valence-corrected chi connectivity index (χ1v) is 6.52. The minimum atomic E-state index is -0.429. The number of ether oxygens (including phenoxy) is 1. The Labute approximate surface area is 121 Å².